The number of esters is 3. The third-order valence-electron chi connectivity index (χ3n) is 2.33. The van der Waals surface area contributed by atoms with Gasteiger partial charge in [0.2, 0.25) is 0 Å². The summed E-state index contributed by atoms with van der Waals surface area (Å²) < 4.78 is 14.5. The Bertz CT molecular complexity index is 478. The van der Waals surface area contributed by atoms with Crippen LogP contribution in [-0.2, 0) is 33.4 Å². The number of aliphatic carboxylic acids is 1. The molecule has 23 heavy (non-hydrogen) atoms. The van der Waals surface area contributed by atoms with E-state index in [-0.39, 0.29) is 30.4 Å². The Morgan fingerprint density at radius 2 is 1.43 bits per heavy atom. The van der Waals surface area contributed by atoms with Gasteiger partial charge >= 0.3 is 23.9 Å². The van der Waals surface area contributed by atoms with Crippen LogP contribution in [0.3, 0.4) is 0 Å². The molecular formula is C15H20O8. The Morgan fingerprint density at radius 1 is 0.957 bits per heavy atom. The maximum Gasteiger partial charge on any atom is 0.336 e. The summed E-state index contributed by atoms with van der Waals surface area (Å²) >= 11 is 0. The summed E-state index contributed by atoms with van der Waals surface area (Å²) in [6, 6.07) is 0. The quantitative estimate of drug-likeness (QED) is 0.363. The Kier molecular flexibility index (Phi) is 8.98. The Morgan fingerprint density at radius 3 is 1.83 bits per heavy atom. The number of rotatable bonds is 10. The molecule has 0 saturated carbocycles. The van der Waals surface area contributed by atoms with Crippen LogP contribution in [0.2, 0.25) is 0 Å². The number of carboxylic acids is 1. The van der Waals surface area contributed by atoms with Crippen LogP contribution < -0.4 is 0 Å². The second-order valence-electron chi connectivity index (χ2n) is 4.73. The fourth-order valence-corrected chi connectivity index (χ4v) is 1.15. The minimum atomic E-state index is -1.44. The van der Waals surface area contributed by atoms with Crippen LogP contribution in [0.4, 0.5) is 0 Å². The standard InChI is InChI=1S/C15H20O8/c1-9(2)14(19)22-13(23-15(20)10(3)4)8-21-12(18)7-5-6-11(16)17/h13H,1,3,5-8H2,2,4H3,(H,16,17). The Balaban J connectivity index is 4.50. The molecule has 0 unspecified atom stereocenters. The lowest BCUT2D eigenvalue weighted by atomic mass is 10.2. The maximum absolute atomic E-state index is 11.5. The summed E-state index contributed by atoms with van der Waals surface area (Å²) in [4.78, 5) is 44.7. The zero-order valence-electron chi connectivity index (χ0n) is 13.1. The van der Waals surface area contributed by atoms with Crippen molar-refractivity contribution >= 4 is 23.9 Å². The van der Waals surface area contributed by atoms with Gasteiger partial charge in [-0.25, -0.2) is 9.59 Å². The average molecular weight is 328 g/mol. The van der Waals surface area contributed by atoms with E-state index in [1.807, 2.05) is 0 Å². The number of ether oxygens (including phenoxy) is 3. The number of carbonyl (C=O) groups is 4. The molecule has 0 aliphatic carbocycles. The van der Waals surface area contributed by atoms with Gasteiger partial charge in [-0.3, -0.25) is 9.59 Å². The number of hydrogen-bond acceptors (Lipinski definition) is 7. The van der Waals surface area contributed by atoms with Gasteiger partial charge in [0.05, 0.1) is 0 Å². The molecule has 0 spiro atoms. The van der Waals surface area contributed by atoms with Gasteiger partial charge in [-0.1, -0.05) is 13.2 Å². The fourth-order valence-electron chi connectivity index (χ4n) is 1.15. The lowest BCUT2D eigenvalue weighted by Crippen LogP contribution is -2.30. The monoisotopic (exact) mass is 328 g/mol. The summed E-state index contributed by atoms with van der Waals surface area (Å²) in [7, 11) is 0. The molecule has 0 fully saturated rings. The first kappa shape index (κ1) is 20.4. The van der Waals surface area contributed by atoms with Gasteiger partial charge in [-0.2, -0.15) is 0 Å². The maximum atomic E-state index is 11.5. The van der Waals surface area contributed by atoms with Gasteiger partial charge < -0.3 is 19.3 Å². The van der Waals surface area contributed by atoms with Crippen LogP contribution in [0.15, 0.2) is 24.3 Å². The molecule has 0 aromatic carbocycles. The highest BCUT2D eigenvalue weighted by atomic mass is 16.7. The van der Waals surface area contributed by atoms with Crippen molar-refractivity contribution in [3.8, 4) is 0 Å². The molecule has 0 heterocycles. The van der Waals surface area contributed by atoms with Crippen molar-refractivity contribution in [1.82, 2.24) is 0 Å². The molecule has 0 bridgehead atoms. The molecule has 0 atom stereocenters. The van der Waals surface area contributed by atoms with E-state index in [0.29, 0.717) is 0 Å². The highest BCUT2D eigenvalue weighted by Gasteiger charge is 2.22. The van der Waals surface area contributed by atoms with E-state index in [1.54, 1.807) is 0 Å². The van der Waals surface area contributed by atoms with E-state index in [0.717, 1.165) is 0 Å². The molecule has 0 rings (SSSR count). The molecule has 0 amide bonds. The van der Waals surface area contributed by atoms with E-state index < -0.39 is 36.8 Å². The lowest BCUT2D eigenvalue weighted by molar-refractivity contribution is -0.195. The minimum Gasteiger partial charge on any atom is -0.481 e. The summed E-state index contributed by atoms with van der Waals surface area (Å²) in [6.45, 7) is 9.05. The Labute approximate surface area is 133 Å². The molecule has 1 N–H and O–H groups in total. The fraction of sp³-hybridized carbons (Fsp3) is 0.467. The van der Waals surface area contributed by atoms with E-state index in [1.165, 1.54) is 13.8 Å². The van der Waals surface area contributed by atoms with Gasteiger partial charge in [0.15, 0.2) is 6.61 Å². The van der Waals surface area contributed by atoms with Crippen LogP contribution in [0.5, 0.6) is 0 Å². The third-order valence-corrected chi connectivity index (χ3v) is 2.33. The van der Waals surface area contributed by atoms with Crippen molar-refractivity contribution in [2.45, 2.75) is 39.4 Å². The summed E-state index contributed by atoms with van der Waals surface area (Å²) in [6.07, 6.45) is -1.63. The Hall–Kier alpha value is -2.64. The van der Waals surface area contributed by atoms with Gasteiger partial charge in [0, 0.05) is 24.0 Å². The second-order valence-corrected chi connectivity index (χ2v) is 4.73. The number of carbonyl (C=O) groups excluding carboxylic acids is 3. The zero-order valence-corrected chi connectivity index (χ0v) is 13.1. The van der Waals surface area contributed by atoms with E-state index in [4.69, 9.17) is 19.3 Å². The first-order valence-electron chi connectivity index (χ1n) is 6.74. The molecule has 0 radical (unpaired) electrons. The summed E-state index contributed by atoms with van der Waals surface area (Å²) in [5.74, 6) is -3.35. The molecule has 0 aliphatic heterocycles. The van der Waals surface area contributed by atoms with Crippen LogP contribution in [-0.4, -0.2) is 41.9 Å². The van der Waals surface area contributed by atoms with Crippen molar-refractivity contribution in [3.63, 3.8) is 0 Å². The van der Waals surface area contributed by atoms with E-state index >= 15 is 0 Å². The minimum absolute atomic E-state index is 0.0779. The first-order valence-corrected chi connectivity index (χ1v) is 6.74. The molecule has 0 aromatic rings. The van der Waals surface area contributed by atoms with Gasteiger partial charge in [-0.15, -0.1) is 0 Å². The average Bonchev–Trinajstić information content (AvgIpc) is 2.43. The molecule has 8 heteroatoms. The van der Waals surface area contributed by atoms with Gasteiger partial charge in [0.1, 0.15) is 0 Å². The van der Waals surface area contributed by atoms with Crippen molar-refractivity contribution in [2.75, 3.05) is 6.61 Å². The van der Waals surface area contributed by atoms with Crippen molar-refractivity contribution in [3.05, 3.63) is 24.3 Å². The molecule has 0 saturated heterocycles. The van der Waals surface area contributed by atoms with Gasteiger partial charge in [-0.05, 0) is 20.3 Å². The van der Waals surface area contributed by atoms with Crippen LogP contribution in [0.25, 0.3) is 0 Å². The van der Waals surface area contributed by atoms with Crippen molar-refractivity contribution < 1.29 is 38.5 Å². The third kappa shape index (κ3) is 9.83. The predicted molar refractivity (Wildman–Crippen MR) is 78.0 cm³/mol. The summed E-state index contributed by atoms with van der Waals surface area (Å²) in [5.41, 5.74) is 0.156. The van der Waals surface area contributed by atoms with Crippen molar-refractivity contribution in [2.24, 2.45) is 0 Å². The van der Waals surface area contributed by atoms with Crippen LogP contribution >= 0.6 is 0 Å². The molecule has 0 aromatic heterocycles. The number of hydrogen-bond donors (Lipinski definition) is 1. The first-order chi connectivity index (χ1) is 10.6. The number of carboxylic acid groups (broad SMARTS) is 1. The van der Waals surface area contributed by atoms with E-state index in [2.05, 4.69) is 13.2 Å². The van der Waals surface area contributed by atoms with Crippen LogP contribution in [0, 0.1) is 0 Å². The second kappa shape index (κ2) is 10.1. The normalized spacial score (nSPS) is 9.87. The van der Waals surface area contributed by atoms with E-state index in [9.17, 15) is 19.2 Å². The predicted octanol–water partition coefficient (Wildman–Crippen LogP) is 1.35. The van der Waals surface area contributed by atoms with Crippen LogP contribution in [0.1, 0.15) is 33.1 Å². The molecular weight excluding hydrogens is 308 g/mol. The highest BCUT2D eigenvalue weighted by Crippen LogP contribution is 2.06. The zero-order chi connectivity index (χ0) is 18.0. The highest BCUT2D eigenvalue weighted by molar-refractivity contribution is 5.88. The SMILES string of the molecule is C=C(C)C(=O)OC(COC(=O)CCCC(=O)O)OC(=O)C(=C)C. The van der Waals surface area contributed by atoms with Gasteiger partial charge in [0.25, 0.3) is 6.29 Å². The molecule has 0 aliphatic rings. The molecule has 128 valence electrons. The van der Waals surface area contributed by atoms with Crippen molar-refractivity contribution in [1.29, 1.82) is 0 Å². The largest absolute Gasteiger partial charge is 0.481 e. The topological polar surface area (TPSA) is 116 Å². The smallest absolute Gasteiger partial charge is 0.336 e. The molecule has 8 nitrogen and oxygen atoms in total. The summed E-state index contributed by atoms with van der Waals surface area (Å²) in [5, 5.41) is 8.46. The lowest BCUT2D eigenvalue weighted by Gasteiger charge is -2.18.